The van der Waals surface area contributed by atoms with Crippen molar-refractivity contribution in [2.75, 3.05) is 19.7 Å². The van der Waals surface area contributed by atoms with Gasteiger partial charge in [-0.15, -0.1) is 0 Å². The number of rotatable bonds is 8. The molecule has 0 saturated heterocycles. The maximum atomic E-state index is 11.1. The number of halogens is 1. The highest BCUT2D eigenvalue weighted by Crippen LogP contribution is 2.28. The van der Waals surface area contributed by atoms with Crippen LogP contribution in [0.15, 0.2) is 45.7 Å². The molecule has 1 heterocycles. The smallest absolute Gasteiger partial charge is 0.331 e. The predicted octanol–water partition coefficient (Wildman–Crippen LogP) is 4.88. The molecule has 26 heavy (non-hydrogen) atoms. The van der Waals surface area contributed by atoms with Crippen LogP contribution in [0.2, 0.25) is 0 Å². The van der Waals surface area contributed by atoms with Gasteiger partial charge in [0, 0.05) is 42.4 Å². The Morgan fingerprint density at radius 2 is 2.12 bits per heavy atom. The lowest BCUT2D eigenvalue weighted by Crippen LogP contribution is -2.30. The van der Waals surface area contributed by atoms with Crippen molar-refractivity contribution in [3.63, 3.8) is 0 Å². The zero-order chi connectivity index (χ0) is 19.3. The Labute approximate surface area is 161 Å². The van der Waals surface area contributed by atoms with Gasteiger partial charge in [-0.2, -0.15) is 0 Å². The zero-order valence-corrected chi connectivity index (χ0v) is 17.0. The average molecular weight is 380 g/mol. The van der Waals surface area contributed by atoms with E-state index in [1.54, 1.807) is 12.2 Å². The van der Waals surface area contributed by atoms with Crippen LogP contribution in [0.5, 0.6) is 0 Å². The number of ether oxygens (including phenoxy) is 1. The van der Waals surface area contributed by atoms with Gasteiger partial charge in [0.25, 0.3) is 0 Å². The van der Waals surface area contributed by atoms with Crippen LogP contribution < -0.4 is 0 Å². The molecule has 0 aromatic heterocycles. The second-order valence-electron chi connectivity index (χ2n) is 7.47. The fourth-order valence-corrected chi connectivity index (χ4v) is 3.64. The van der Waals surface area contributed by atoms with E-state index in [0.717, 1.165) is 25.9 Å². The first-order valence-electron chi connectivity index (χ1n) is 9.32. The van der Waals surface area contributed by atoms with Gasteiger partial charge in [-0.3, -0.25) is 0 Å². The SMILES string of the molecule is CC1=CCN(CC(C)C)C(C)=C1CCCOC1CC(C(=O)O)=CC=C1Cl. The number of allylic oxidation sites excluding steroid dienone is 5. The summed E-state index contributed by atoms with van der Waals surface area (Å²) in [6.45, 7) is 11.5. The molecule has 0 saturated carbocycles. The van der Waals surface area contributed by atoms with Gasteiger partial charge in [0.15, 0.2) is 0 Å². The molecule has 0 aromatic rings. The van der Waals surface area contributed by atoms with Crippen molar-refractivity contribution in [3.8, 4) is 0 Å². The molecule has 0 fully saturated rings. The average Bonchev–Trinajstić information content (AvgIpc) is 2.57. The summed E-state index contributed by atoms with van der Waals surface area (Å²) in [5, 5.41) is 9.69. The Kier molecular flexibility index (Phi) is 7.54. The number of nitrogens with zero attached hydrogens (tertiary/aromatic N) is 1. The molecular formula is C21H30ClNO3. The number of carbonyl (C=O) groups is 1. The number of carboxylic acids is 1. The van der Waals surface area contributed by atoms with Crippen molar-refractivity contribution in [2.45, 2.75) is 53.1 Å². The Hall–Kier alpha value is -1.52. The molecule has 0 bridgehead atoms. The van der Waals surface area contributed by atoms with Crippen molar-refractivity contribution in [2.24, 2.45) is 5.92 Å². The molecule has 1 unspecified atom stereocenters. The standard InChI is InChI=1S/C21H30ClNO3/c1-14(2)13-23-10-9-15(3)18(16(23)4)6-5-11-26-20-12-17(21(24)25)7-8-19(20)22/h7-9,14,20H,5-6,10-13H2,1-4H3,(H,24,25). The zero-order valence-electron chi connectivity index (χ0n) is 16.2. The maximum Gasteiger partial charge on any atom is 0.331 e. The molecular weight excluding hydrogens is 350 g/mol. The number of hydrogen-bond acceptors (Lipinski definition) is 3. The molecule has 0 spiro atoms. The van der Waals surface area contributed by atoms with Gasteiger partial charge in [0.05, 0.1) is 6.10 Å². The molecule has 2 aliphatic rings. The minimum atomic E-state index is -0.909. The second-order valence-corrected chi connectivity index (χ2v) is 7.90. The molecule has 5 heteroatoms. The third-order valence-corrected chi connectivity index (χ3v) is 5.28. The lowest BCUT2D eigenvalue weighted by molar-refractivity contribution is -0.133. The molecule has 1 aliphatic carbocycles. The van der Waals surface area contributed by atoms with E-state index >= 15 is 0 Å². The third kappa shape index (κ3) is 5.49. The first-order chi connectivity index (χ1) is 12.3. The van der Waals surface area contributed by atoms with Gasteiger partial charge in [-0.1, -0.05) is 37.6 Å². The number of carboxylic acid groups (broad SMARTS) is 1. The van der Waals surface area contributed by atoms with Crippen LogP contribution in [0.1, 0.15) is 47.0 Å². The molecule has 0 radical (unpaired) electrons. The molecule has 4 nitrogen and oxygen atoms in total. The Morgan fingerprint density at radius 1 is 1.38 bits per heavy atom. The first kappa shape index (κ1) is 20.8. The normalized spacial score (nSPS) is 20.9. The van der Waals surface area contributed by atoms with Crippen molar-refractivity contribution >= 4 is 17.6 Å². The molecule has 1 N–H and O–H groups in total. The Balaban J connectivity index is 1.87. The summed E-state index contributed by atoms with van der Waals surface area (Å²) in [5.74, 6) is -0.272. The Bertz CT molecular complexity index is 658. The van der Waals surface area contributed by atoms with Crippen LogP contribution in [-0.2, 0) is 9.53 Å². The minimum absolute atomic E-state index is 0.327. The largest absolute Gasteiger partial charge is 0.478 e. The molecule has 0 aromatic carbocycles. The maximum absolute atomic E-state index is 11.1. The number of aliphatic carboxylic acids is 1. The predicted molar refractivity (Wildman–Crippen MR) is 106 cm³/mol. The minimum Gasteiger partial charge on any atom is -0.478 e. The third-order valence-electron chi connectivity index (χ3n) is 4.91. The van der Waals surface area contributed by atoms with Crippen molar-refractivity contribution in [3.05, 3.63) is 45.7 Å². The lowest BCUT2D eigenvalue weighted by Gasteiger charge is -2.32. The van der Waals surface area contributed by atoms with E-state index in [-0.39, 0.29) is 6.10 Å². The van der Waals surface area contributed by atoms with Crippen molar-refractivity contribution in [1.29, 1.82) is 0 Å². The van der Waals surface area contributed by atoms with Crippen LogP contribution in [0.3, 0.4) is 0 Å². The highest BCUT2D eigenvalue weighted by Gasteiger charge is 2.22. The van der Waals surface area contributed by atoms with Gasteiger partial charge < -0.3 is 14.7 Å². The summed E-state index contributed by atoms with van der Waals surface area (Å²) in [5.41, 5.74) is 4.46. The fourth-order valence-electron chi connectivity index (χ4n) is 3.44. The van der Waals surface area contributed by atoms with Crippen LogP contribution >= 0.6 is 11.6 Å². The summed E-state index contributed by atoms with van der Waals surface area (Å²) in [6.07, 6.45) is 7.31. The fraction of sp³-hybridized carbons (Fsp3) is 0.571. The van der Waals surface area contributed by atoms with E-state index in [2.05, 4.69) is 38.7 Å². The molecule has 1 aliphatic heterocycles. The van der Waals surface area contributed by atoms with E-state index in [0.29, 0.717) is 29.6 Å². The van der Waals surface area contributed by atoms with Crippen molar-refractivity contribution < 1.29 is 14.6 Å². The Morgan fingerprint density at radius 3 is 2.77 bits per heavy atom. The van der Waals surface area contributed by atoms with Crippen LogP contribution in [0.4, 0.5) is 0 Å². The van der Waals surface area contributed by atoms with Crippen LogP contribution in [0, 0.1) is 5.92 Å². The van der Waals surface area contributed by atoms with Gasteiger partial charge in [0.2, 0.25) is 0 Å². The summed E-state index contributed by atoms with van der Waals surface area (Å²) < 4.78 is 5.87. The van der Waals surface area contributed by atoms with Gasteiger partial charge in [0.1, 0.15) is 0 Å². The van der Waals surface area contributed by atoms with E-state index in [9.17, 15) is 4.79 Å². The number of hydrogen-bond donors (Lipinski definition) is 1. The van der Waals surface area contributed by atoms with Gasteiger partial charge in [-0.05, 0) is 49.8 Å². The lowest BCUT2D eigenvalue weighted by atomic mass is 9.96. The monoisotopic (exact) mass is 379 g/mol. The van der Waals surface area contributed by atoms with Crippen LogP contribution in [-0.4, -0.2) is 41.8 Å². The summed E-state index contributed by atoms with van der Waals surface area (Å²) >= 11 is 6.17. The van der Waals surface area contributed by atoms with E-state index in [1.807, 2.05) is 0 Å². The summed E-state index contributed by atoms with van der Waals surface area (Å²) in [6, 6.07) is 0. The van der Waals surface area contributed by atoms with Gasteiger partial charge in [-0.25, -0.2) is 4.79 Å². The van der Waals surface area contributed by atoms with E-state index in [1.165, 1.54) is 16.8 Å². The first-order valence-corrected chi connectivity index (χ1v) is 9.70. The van der Waals surface area contributed by atoms with Crippen molar-refractivity contribution in [1.82, 2.24) is 4.90 Å². The van der Waals surface area contributed by atoms with Gasteiger partial charge >= 0.3 is 5.97 Å². The molecule has 2 rings (SSSR count). The highest BCUT2D eigenvalue weighted by atomic mass is 35.5. The van der Waals surface area contributed by atoms with E-state index < -0.39 is 5.97 Å². The van der Waals surface area contributed by atoms with Crippen LogP contribution in [0.25, 0.3) is 0 Å². The summed E-state index contributed by atoms with van der Waals surface area (Å²) in [4.78, 5) is 13.6. The quantitative estimate of drug-likeness (QED) is 0.610. The highest BCUT2D eigenvalue weighted by molar-refractivity contribution is 6.30. The molecule has 0 amide bonds. The molecule has 144 valence electrons. The molecule has 1 atom stereocenters. The van der Waals surface area contributed by atoms with E-state index in [4.69, 9.17) is 21.4 Å². The second kappa shape index (κ2) is 9.43. The topological polar surface area (TPSA) is 49.8 Å². The summed E-state index contributed by atoms with van der Waals surface area (Å²) in [7, 11) is 0.